The van der Waals surface area contributed by atoms with Crippen LogP contribution in [0, 0.1) is 0 Å². The van der Waals surface area contributed by atoms with Crippen LogP contribution in [0.3, 0.4) is 0 Å². The molecule has 0 fully saturated rings. The highest BCUT2D eigenvalue weighted by atomic mass is 16.3. The fraction of sp³-hybridized carbons (Fsp3) is 0.300. The van der Waals surface area contributed by atoms with Gasteiger partial charge in [-0.1, -0.05) is 5.57 Å². The van der Waals surface area contributed by atoms with Crippen LogP contribution in [0.5, 0.6) is 0 Å². The fourth-order valence-corrected chi connectivity index (χ4v) is 0.841. The Hall–Kier alpha value is -1.71. The van der Waals surface area contributed by atoms with Crippen LogP contribution in [-0.4, -0.2) is 6.03 Å². The third-order valence-corrected chi connectivity index (χ3v) is 1.50. The topological polar surface area (TPSA) is 54.3 Å². The molecule has 0 aromatic carbocycles. The third-order valence-electron chi connectivity index (χ3n) is 1.50. The summed E-state index contributed by atoms with van der Waals surface area (Å²) in [5.74, 6) is 0.734. The smallest absolute Gasteiger partial charge is 0.319 e. The lowest BCUT2D eigenvalue weighted by atomic mass is 10.4. The second-order valence-corrected chi connectivity index (χ2v) is 3.13. The quantitative estimate of drug-likeness (QED) is 0.773. The van der Waals surface area contributed by atoms with Crippen LogP contribution >= 0.6 is 0 Å². The van der Waals surface area contributed by atoms with E-state index in [0.717, 1.165) is 11.3 Å². The Morgan fingerprint density at radius 2 is 2.36 bits per heavy atom. The first kappa shape index (κ1) is 10.4. The molecule has 0 unspecified atom stereocenters. The van der Waals surface area contributed by atoms with Crippen LogP contribution in [0.1, 0.15) is 19.6 Å². The first-order valence-electron chi connectivity index (χ1n) is 4.38. The van der Waals surface area contributed by atoms with Crippen molar-refractivity contribution in [2.45, 2.75) is 20.4 Å². The Bertz CT molecular complexity index is 311. The van der Waals surface area contributed by atoms with Crippen LogP contribution < -0.4 is 10.6 Å². The first-order valence-corrected chi connectivity index (χ1v) is 4.38. The Morgan fingerprint density at radius 1 is 1.57 bits per heavy atom. The third kappa shape index (κ3) is 3.80. The molecule has 2 amide bonds. The summed E-state index contributed by atoms with van der Waals surface area (Å²) >= 11 is 0. The highest BCUT2D eigenvalue weighted by Gasteiger charge is 1.98. The molecule has 4 heteroatoms. The summed E-state index contributed by atoms with van der Waals surface area (Å²) < 4.78 is 5.05. The molecule has 1 aromatic rings. The summed E-state index contributed by atoms with van der Waals surface area (Å²) in [6.45, 7) is 4.22. The van der Waals surface area contributed by atoms with E-state index in [0.29, 0.717) is 6.54 Å². The number of hydrogen-bond acceptors (Lipinski definition) is 2. The van der Waals surface area contributed by atoms with Gasteiger partial charge >= 0.3 is 6.03 Å². The standard InChI is InChI=1S/C10H14N2O2/c1-8(2)6-11-10(13)12-7-9-4-3-5-14-9/h3-6H,7H2,1-2H3,(H2,11,12,13). The number of allylic oxidation sites excluding steroid dienone is 1. The molecule has 1 aromatic heterocycles. The minimum Gasteiger partial charge on any atom is -0.467 e. The maximum absolute atomic E-state index is 11.1. The predicted molar refractivity (Wildman–Crippen MR) is 53.5 cm³/mol. The average Bonchev–Trinajstić information content (AvgIpc) is 2.63. The number of urea groups is 1. The van der Waals surface area contributed by atoms with E-state index in [-0.39, 0.29) is 6.03 Å². The van der Waals surface area contributed by atoms with Crippen molar-refractivity contribution in [1.29, 1.82) is 0 Å². The second kappa shape index (κ2) is 5.11. The van der Waals surface area contributed by atoms with Crippen molar-refractivity contribution in [3.63, 3.8) is 0 Å². The molecule has 0 bridgehead atoms. The minimum absolute atomic E-state index is 0.234. The molecule has 0 aliphatic rings. The van der Waals surface area contributed by atoms with Gasteiger partial charge in [-0.3, -0.25) is 0 Å². The van der Waals surface area contributed by atoms with Crippen molar-refractivity contribution in [3.05, 3.63) is 35.9 Å². The lowest BCUT2D eigenvalue weighted by Crippen LogP contribution is -2.31. The number of hydrogen-bond donors (Lipinski definition) is 2. The van der Waals surface area contributed by atoms with Gasteiger partial charge in [-0.25, -0.2) is 4.79 Å². The number of amides is 2. The highest BCUT2D eigenvalue weighted by molar-refractivity contribution is 5.74. The molecule has 0 radical (unpaired) electrons. The molecule has 2 N–H and O–H groups in total. The van der Waals surface area contributed by atoms with Gasteiger partial charge in [-0.15, -0.1) is 0 Å². The maximum Gasteiger partial charge on any atom is 0.319 e. The molecule has 0 spiro atoms. The van der Waals surface area contributed by atoms with Crippen molar-refractivity contribution in [1.82, 2.24) is 10.6 Å². The molecule has 0 aliphatic carbocycles. The molecule has 0 aliphatic heterocycles. The van der Waals surface area contributed by atoms with Crippen molar-refractivity contribution in [2.75, 3.05) is 0 Å². The molecule has 4 nitrogen and oxygen atoms in total. The lowest BCUT2D eigenvalue weighted by molar-refractivity contribution is 0.242. The molecular weight excluding hydrogens is 180 g/mol. The van der Waals surface area contributed by atoms with Gasteiger partial charge in [-0.05, 0) is 26.0 Å². The van der Waals surface area contributed by atoms with Crippen molar-refractivity contribution >= 4 is 6.03 Å². The number of nitrogens with one attached hydrogen (secondary N) is 2. The van der Waals surface area contributed by atoms with Crippen molar-refractivity contribution in [2.24, 2.45) is 0 Å². The average molecular weight is 194 g/mol. The van der Waals surface area contributed by atoms with E-state index in [1.54, 1.807) is 24.6 Å². The summed E-state index contributed by atoms with van der Waals surface area (Å²) in [6.07, 6.45) is 3.22. The maximum atomic E-state index is 11.1. The molecule has 0 atom stereocenters. The van der Waals surface area contributed by atoms with Crippen LogP contribution in [-0.2, 0) is 6.54 Å². The predicted octanol–water partition coefficient (Wildman–Crippen LogP) is 2.00. The molecule has 0 saturated heterocycles. The van der Waals surface area contributed by atoms with Gasteiger partial charge in [0.25, 0.3) is 0 Å². The Balaban J connectivity index is 2.25. The van der Waals surface area contributed by atoms with E-state index in [9.17, 15) is 4.79 Å². The van der Waals surface area contributed by atoms with Crippen LogP contribution in [0.15, 0.2) is 34.6 Å². The summed E-state index contributed by atoms with van der Waals surface area (Å²) in [5, 5.41) is 5.24. The van der Waals surface area contributed by atoms with E-state index in [2.05, 4.69) is 10.6 Å². The molecule has 1 heterocycles. The number of carbonyl (C=O) groups is 1. The van der Waals surface area contributed by atoms with Crippen molar-refractivity contribution in [3.8, 4) is 0 Å². The minimum atomic E-state index is -0.234. The number of furan rings is 1. The van der Waals surface area contributed by atoms with Gasteiger partial charge in [0.2, 0.25) is 0 Å². The molecule has 1 rings (SSSR count). The molecule has 14 heavy (non-hydrogen) atoms. The van der Waals surface area contributed by atoms with E-state index in [4.69, 9.17) is 4.42 Å². The Morgan fingerprint density at radius 3 is 2.93 bits per heavy atom. The van der Waals surface area contributed by atoms with Crippen LogP contribution in [0.25, 0.3) is 0 Å². The van der Waals surface area contributed by atoms with Gasteiger partial charge in [0, 0.05) is 6.20 Å². The van der Waals surface area contributed by atoms with E-state index in [1.165, 1.54) is 0 Å². The number of carbonyl (C=O) groups excluding carboxylic acids is 1. The highest BCUT2D eigenvalue weighted by Crippen LogP contribution is 1.97. The molecular formula is C10H14N2O2. The normalized spacial score (nSPS) is 9.29. The Kier molecular flexibility index (Phi) is 3.79. The first-order chi connectivity index (χ1) is 6.68. The van der Waals surface area contributed by atoms with E-state index >= 15 is 0 Å². The van der Waals surface area contributed by atoms with Gasteiger partial charge in [0.1, 0.15) is 5.76 Å². The summed E-state index contributed by atoms with van der Waals surface area (Å²) in [7, 11) is 0. The van der Waals surface area contributed by atoms with Crippen LogP contribution in [0.2, 0.25) is 0 Å². The van der Waals surface area contributed by atoms with Crippen LogP contribution in [0.4, 0.5) is 4.79 Å². The second-order valence-electron chi connectivity index (χ2n) is 3.13. The molecule has 0 saturated carbocycles. The summed E-state index contributed by atoms with van der Waals surface area (Å²) in [4.78, 5) is 11.1. The number of rotatable bonds is 3. The zero-order valence-corrected chi connectivity index (χ0v) is 8.33. The zero-order valence-electron chi connectivity index (χ0n) is 8.33. The largest absolute Gasteiger partial charge is 0.467 e. The van der Waals surface area contributed by atoms with E-state index in [1.807, 2.05) is 13.8 Å². The van der Waals surface area contributed by atoms with Gasteiger partial charge in [0.15, 0.2) is 0 Å². The fourth-order valence-electron chi connectivity index (χ4n) is 0.841. The summed E-state index contributed by atoms with van der Waals surface area (Å²) in [6, 6.07) is 3.36. The monoisotopic (exact) mass is 194 g/mol. The van der Waals surface area contributed by atoms with Gasteiger partial charge in [0.05, 0.1) is 12.8 Å². The summed E-state index contributed by atoms with van der Waals surface area (Å²) in [5.41, 5.74) is 1.04. The lowest BCUT2D eigenvalue weighted by Gasteiger charge is -2.02. The van der Waals surface area contributed by atoms with Gasteiger partial charge in [-0.2, -0.15) is 0 Å². The SMILES string of the molecule is CC(C)=CNC(=O)NCc1ccco1. The Labute approximate surface area is 83.0 Å². The molecule has 76 valence electrons. The van der Waals surface area contributed by atoms with Gasteiger partial charge < -0.3 is 15.1 Å². The zero-order chi connectivity index (χ0) is 10.4. The van der Waals surface area contributed by atoms with Crippen molar-refractivity contribution < 1.29 is 9.21 Å². The van der Waals surface area contributed by atoms with E-state index < -0.39 is 0 Å².